The highest BCUT2D eigenvalue weighted by molar-refractivity contribution is 7.98. The van der Waals surface area contributed by atoms with Crippen LogP contribution in [0.3, 0.4) is 0 Å². The molecule has 0 atom stereocenters. The molecule has 0 unspecified atom stereocenters. The number of rotatable bonds is 11. The van der Waals surface area contributed by atoms with Crippen LogP contribution in [-0.2, 0) is 10.5 Å². The summed E-state index contributed by atoms with van der Waals surface area (Å²) >= 11 is 3.23. The first-order chi connectivity index (χ1) is 16.5. The lowest BCUT2D eigenvalue weighted by molar-refractivity contribution is -0.117. The van der Waals surface area contributed by atoms with E-state index in [1.54, 1.807) is 36.0 Å². The van der Waals surface area contributed by atoms with E-state index < -0.39 is 5.91 Å². The lowest BCUT2D eigenvalue weighted by atomic mass is 10.1. The van der Waals surface area contributed by atoms with E-state index in [1.807, 2.05) is 17.5 Å². The highest BCUT2D eigenvalue weighted by Crippen LogP contribution is 2.27. The van der Waals surface area contributed by atoms with Crippen LogP contribution in [-0.4, -0.2) is 38.3 Å². The number of carbonyl (C=O) groups is 2. The Kier molecular flexibility index (Phi) is 9.61. The number of carbonyl (C=O) groups excluding carboxylic acids is 2. The van der Waals surface area contributed by atoms with E-state index in [9.17, 15) is 9.59 Å². The summed E-state index contributed by atoms with van der Waals surface area (Å²) in [6, 6.07) is 17.0. The highest BCUT2D eigenvalue weighted by Gasteiger charge is 2.16. The molecule has 1 heterocycles. The Balaban J connectivity index is 1.61. The second kappa shape index (κ2) is 12.9. The maximum Gasteiger partial charge on any atom is 0.267 e. The summed E-state index contributed by atoms with van der Waals surface area (Å²) in [6.45, 7) is 2.56. The van der Waals surface area contributed by atoms with Gasteiger partial charge in [0, 0.05) is 28.5 Å². The molecule has 178 valence electrons. The van der Waals surface area contributed by atoms with Gasteiger partial charge in [-0.05, 0) is 48.2 Å². The SMILES string of the molecule is COc1ccc(C(=O)N/C(=C\c2cccs2)C(=O)NCCSCc2cccc(C)c2)cc1OC. The molecule has 34 heavy (non-hydrogen) atoms. The van der Waals surface area contributed by atoms with Gasteiger partial charge in [0.25, 0.3) is 11.8 Å². The largest absolute Gasteiger partial charge is 0.493 e. The van der Waals surface area contributed by atoms with E-state index in [0.29, 0.717) is 23.6 Å². The van der Waals surface area contributed by atoms with Gasteiger partial charge in [-0.1, -0.05) is 35.9 Å². The molecular weight excluding hydrogens is 468 g/mol. The summed E-state index contributed by atoms with van der Waals surface area (Å²) in [5.74, 6) is 1.86. The molecule has 0 radical (unpaired) electrons. The number of amides is 2. The number of methoxy groups -OCH3 is 2. The maximum atomic E-state index is 12.9. The Hall–Kier alpha value is -3.23. The Bertz CT molecular complexity index is 1140. The summed E-state index contributed by atoms with van der Waals surface area (Å²) in [7, 11) is 3.04. The molecule has 2 amide bonds. The van der Waals surface area contributed by atoms with Crippen molar-refractivity contribution in [1.29, 1.82) is 0 Å². The minimum Gasteiger partial charge on any atom is -0.493 e. The number of thiophene rings is 1. The Labute approximate surface area is 208 Å². The van der Waals surface area contributed by atoms with E-state index in [0.717, 1.165) is 16.4 Å². The topological polar surface area (TPSA) is 76.7 Å². The first-order valence-corrected chi connectivity index (χ1v) is 12.7. The zero-order chi connectivity index (χ0) is 24.3. The van der Waals surface area contributed by atoms with Gasteiger partial charge in [0.1, 0.15) is 5.70 Å². The van der Waals surface area contributed by atoms with Gasteiger partial charge in [0.2, 0.25) is 0 Å². The lowest BCUT2D eigenvalue weighted by Gasteiger charge is -2.12. The van der Waals surface area contributed by atoms with Crippen molar-refractivity contribution in [3.63, 3.8) is 0 Å². The molecule has 0 bridgehead atoms. The van der Waals surface area contributed by atoms with Gasteiger partial charge < -0.3 is 20.1 Å². The third kappa shape index (κ3) is 7.40. The van der Waals surface area contributed by atoms with Gasteiger partial charge in [-0.2, -0.15) is 11.8 Å². The van der Waals surface area contributed by atoms with Crippen molar-refractivity contribution < 1.29 is 19.1 Å². The van der Waals surface area contributed by atoms with Crippen molar-refractivity contribution in [2.45, 2.75) is 12.7 Å². The van der Waals surface area contributed by atoms with Gasteiger partial charge in [0.15, 0.2) is 11.5 Å². The molecule has 0 spiro atoms. The summed E-state index contributed by atoms with van der Waals surface area (Å²) in [5.41, 5.74) is 3.04. The molecule has 3 aromatic rings. The second-order valence-electron chi connectivity index (χ2n) is 7.39. The number of ether oxygens (including phenoxy) is 2. The number of aryl methyl sites for hydroxylation is 1. The van der Waals surface area contributed by atoms with Crippen molar-refractivity contribution in [2.75, 3.05) is 26.5 Å². The van der Waals surface area contributed by atoms with Crippen LogP contribution in [0.1, 0.15) is 26.4 Å². The molecule has 3 rings (SSSR count). The van der Waals surface area contributed by atoms with E-state index in [2.05, 4.69) is 41.8 Å². The summed E-state index contributed by atoms with van der Waals surface area (Å²) < 4.78 is 10.5. The van der Waals surface area contributed by atoms with Crippen molar-refractivity contribution in [1.82, 2.24) is 10.6 Å². The minimum atomic E-state index is -0.410. The first kappa shape index (κ1) is 25.4. The van der Waals surface area contributed by atoms with E-state index in [-0.39, 0.29) is 11.6 Å². The molecule has 6 nitrogen and oxygen atoms in total. The third-order valence-corrected chi connectivity index (χ3v) is 6.70. The normalized spacial score (nSPS) is 11.1. The predicted molar refractivity (Wildman–Crippen MR) is 140 cm³/mol. The van der Waals surface area contributed by atoms with Gasteiger partial charge in [-0.25, -0.2) is 0 Å². The molecular formula is C26H28N2O4S2. The van der Waals surface area contributed by atoms with Crippen molar-refractivity contribution in [3.8, 4) is 11.5 Å². The maximum absolute atomic E-state index is 12.9. The highest BCUT2D eigenvalue weighted by atomic mass is 32.2. The number of benzene rings is 2. The molecule has 0 aliphatic heterocycles. The van der Waals surface area contributed by atoms with Crippen molar-refractivity contribution in [3.05, 3.63) is 87.2 Å². The molecule has 0 fully saturated rings. The monoisotopic (exact) mass is 496 g/mol. The smallest absolute Gasteiger partial charge is 0.267 e. The molecule has 2 N–H and O–H groups in total. The zero-order valence-corrected chi connectivity index (χ0v) is 21.1. The fourth-order valence-electron chi connectivity index (χ4n) is 3.17. The molecule has 0 saturated carbocycles. The molecule has 0 aliphatic carbocycles. The summed E-state index contributed by atoms with van der Waals surface area (Å²) in [5, 5.41) is 7.57. The average molecular weight is 497 g/mol. The summed E-state index contributed by atoms with van der Waals surface area (Å²) in [4.78, 5) is 26.6. The summed E-state index contributed by atoms with van der Waals surface area (Å²) in [6.07, 6.45) is 1.68. The molecule has 0 saturated heterocycles. The standard InChI is InChI=1S/C26H28N2O4S2/c1-18-6-4-7-19(14-18)17-33-13-11-27-26(30)22(16-21-8-5-12-34-21)28-25(29)20-9-10-23(31-2)24(15-20)32-3/h4-10,12,14-16H,11,13,17H2,1-3H3,(H,27,30)(H,28,29)/b22-16-. The van der Waals surface area contributed by atoms with Crippen LogP contribution in [0.25, 0.3) is 6.08 Å². The zero-order valence-electron chi connectivity index (χ0n) is 19.4. The fourth-order valence-corrected chi connectivity index (χ4v) is 4.63. The predicted octanol–water partition coefficient (Wildman–Crippen LogP) is 4.89. The van der Waals surface area contributed by atoms with Gasteiger partial charge >= 0.3 is 0 Å². The van der Waals surface area contributed by atoms with E-state index in [1.165, 1.54) is 36.7 Å². The van der Waals surface area contributed by atoms with Crippen LogP contribution in [0.15, 0.2) is 65.7 Å². The fraction of sp³-hybridized carbons (Fsp3) is 0.231. The number of hydrogen-bond donors (Lipinski definition) is 2. The Morgan fingerprint density at radius 3 is 2.56 bits per heavy atom. The Morgan fingerprint density at radius 2 is 1.85 bits per heavy atom. The molecule has 1 aromatic heterocycles. The van der Waals surface area contributed by atoms with Crippen LogP contribution in [0, 0.1) is 6.92 Å². The van der Waals surface area contributed by atoms with Crippen LogP contribution in [0.5, 0.6) is 11.5 Å². The molecule has 0 aliphatic rings. The second-order valence-corrected chi connectivity index (χ2v) is 9.48. The minimum absolute atomic E-state index is 0.186. The van der Waals surface area contributed by atoms with Crippen molar-refractivity contribution in [2.24, 2.45) is 0 Å². The molecule has 2 aromatic carbocycles. The van der Waals surface area contributed by atoms with Crippen LogP contribution in [0.2, 0.25) is 0 Å². The third-order valence-electron chi connectivity index (χ3n) is 4.85. The molecule has 8 heteroatoms. The Morgan fingerprint density at radius 1 is 1.03 bits per heavy atom. The number of nitrogens with one attached hydrogen (secondary N) is 2. The van der Waals surface area contributed by atoms with Crippen molar-refractivity contribution >= 4 is 41.0 Å². The van der Waals surface area contributed by atoms with E-state index >= 15 is 0 Å². The lowest BCUT2D eigenvalue weighted by Crippen LogP contribution is -2.35. The van der Waals surface area contributed by atoms with Gasteiger partial charge in [-0.3, -0.25) is 9.59 Å². The van der Waals surface area contributed by atoms with E-state index in [4.69, 9.17) is 9.47 Å². The first-order valence-electron chi connectivity index (χ1n) is 10.7. The average Bonchev–Trinajstić information content (AvgIpc) is 3.36. The van der Waals surface area contributed by atoms with Crippen LogP contribution >= 0.6 is 23.1 Å². The van der Waals surface area contributed by atoms with Crippen LogP contribution < -0.4 is 20.1 Å². The van der Waals surface area contributed by atoms with Crippen LogP contribution in [0.4, 0.5) is 0 Å². The quantitative estimate of drug-likeness (QED) is 0.292. The number of hydrogen-bond acceptors (Lipinski definition) is 6. The van der Waals surface area contributed by atoms with Gasteiger partial charge in [0.05, 0.1) is 14.2 Å². The number of thioether (sulfide) groups is 1. The van der Waals surface area contributed by atoms with Gasteiger partial charge in [-0.15, -0.1) is 11.3 Å².